The normalized spacial score (nSPS) is 20.6. The molecule has 4 rings (SSSR count). The van der Waals surface area contributed by atoms with Crippen LogP contribution in [0.2, 0.25) is 0 Å². The van der Waals surface area contributed by atoms with Gasteiger partial charge in [-0.05, 0) is 74.5 Å². The minimum Gasteiger partial charge on any atom is -0.352 e. The van der Waals surface area contributed by atoms with Crippen molar-refractivity contribution in [3.05, 3.63) is 70.8 Å². The first-order valence-corrected chi connectivity index (χ1v) is 12.5. The number of hydrogen-bond donors (Lipinski definition) is 1. The number of hydrogen-bond acceptors (Lipinski definition) is 3. The fraction of sp³-hybridized carbons (Fsp3) is 0.536. The molecule has 0 aliphatic carbocycles. The van der Waals surface area contributed by atoms with E-state index in [1.807, 2.05) is 0 Å². The highest BCUT2D eigenvalue weighted by atomic mass is 16.1. The maximum absolute atomic E-state index is 12.9. The number of aryl methyl sites for hydroxylation is 1. The largest absolute Gasteiger partial charge is 0.352 e. The summed E-state index contributed by atoms with van der Waals surface area (Å²) in [7, 11) is 0. The molecule has 2 aromatic rings. The Morgan fingerprint density at radius 3 is 2.28 bits per heavy atom. The zero-order chi connectivity index (χ0) is 22.2. The van der Waals surface area contributed by atoms with Gasteiger partial charge in [0, 0.05) is 26.2 Å². The van der Waals surface area contributed by atoms with Gasteiger partial charge in [0.05, 0.1) is 5.92 Å². The van der Waals surface area contributed by atoms with E-state index in [1.165, 1.54) is 61.0 Å². The molecular formula is C28H39N3O. The highest BCUT2D eigenvalue weighted by molar-refractivity contribution is 5.79. The Labute approximate surface area is 194 Å². The quantitative estimate of drug-likeness (QED) is 0.675. The summed E-state index contributed by atoms with van der Waals surface area (Å²) in [4.78, 5) is 17.9. The topological polar surface area (TPSA) is 35.6 Å². The number of piperidine rings is 1. The zero-order valence-electron chi connectivity index (χ0n) is 19.7. The molecule has 4 heteroatoms. The summed E-state index contributed by atoms with van der Waals surface area (Å²) in [6, 6.07) is 17.4. The van der Waals surface area contributed by atoms with E-state index in [9.17, 15) is 4.79 Å². The lowest BCUT2D eigenvalue weighted by molar-refractivity contribution is -0.126. The van der Waals surface area contributed by atoms with E-state index >= 15 is 0 Å². The summed E-state index contributed by atoms with van der Waals surface area (Å²) in [6.45, 7) is 9.16. The molecule has 0 saturated carbocycles. The van der Waals surface area contributed by atoms with Crippen molar-refractivity contribution in [3.63, 3.8) is 0 Å². The van der Waals surface area contributed by atoms with Gasteiger partial charge in [-0.15, -0.1) is 0 Å². The first-order valence-electron chi connectivity index (χ1n) is 12.5. The molecule has 0 bridgehead atoms. The Hall–Kier alpha value is -2.17. The van der Waals surface area contributed by atoms with Gasteiger partial charge >= 0.3 is 0 Å². The second kappa shape index (κ2) is 11.6. The van der Waals surface area contributed by atoms with Gasteiger partial charge in [0.15, 0.2) is 0 Å². The summed E-state index contributed by atoms with van der Waals surface area (Å²) in [6.07, 6.45) is 7.49. The second-order valence-electron chi connectivity index (χ2n) is 9.73. The van der Waals surface area contributed by atoms with Crippen LogP contribution < -0.4 is 5.32 Å². The fourth-order valence-corrected chi connectivity index (χ4v) is 5.09. The van der Waals surface area contributed by atoms with E-state index in [1.54, 1.807) is 0 Å². The molecule has 172 valence electrons. The van der Waals surface area contributed by atoms with E-state index in [0.717, 1.165) is 39.0 Å². The van der Waals surface area contributed by atoms with Crippen LogP contribution in [0.5, 0.6) is 0 Å². The van der Waals surface area contributed by atoms with Gasteiger partial charge in [0.2, 0.25) is 5.91 Å². The highest BCUT2D eigenvalue weighted by Crippen LogP contribution is 2.20. The van der Waals surface area contributed by atoms with Crippen LogP contribution in [0, 0.1) is 12.8 Å². The molecule has 0 spiro atoms. The van der Waals surface area contributed by atoms with Crippen molar-refractivity contribution < 1.29 is 4.79 Å². The van der Waals surface area contributed by atoms with E-state index in [0.29, 0.717) is 6.54 Å². The van der Waals surface area contributed by atoms with Gasteiger partial charge in [-0.3, -0.25) is 14.6 Å². The standard InChI is InChI=1S/C28H39N3O/c1-23-9-4-5-10-26(23)21-31-18-8-11-27(22-31)28(32)29-19-24-12-14-25(15-13-24)20-30-16-6-2-3-7-17-30/h4-5,9-10,12-15,27H,2-3,6-8,11,16-22H2,1H3,(H,29,32). The molecule has 2 saturated heterocycles. The molecule has 2 fully saturated rings. The lowest BCUT2D eigenvalue weighted by Crippen LogP contribution is -2.42. The number of nitrogens with one attached hydrogen (secondary N) is 1. The van der Waals surface area contributed by atoms with Gasteiger partial charge < -0.3 is 5.32 Å². The van der Waals surface area contributed by atoms with Crippen molar-refractivity contribution in [1.29, 1.82) is 0 Å². The van der Waals surface area contributed by atoms with Crippen LogP contribution in [0.15, 0.2) is 48.5 Å². The molecule has 2 aliphatic heterocycles. The lowest BCUT2D eigenvalue weighted by atomic mass is 9.96. The average Bonchev–Trinajstić information content (AvgIpc) is 3.09. The number of carbonyl (C=O) groups is 1. The molecule has 1 unspecified atom stereocenters. The summed E-state index contributed by atoms with van der Waals surface area (Å²) >= 11 is 0. The minimum atomic E-state index is 0.0927. The van der Waals surface area contributed by atoms with Gasteiger partial charge in [0.1, 0.15) is 0 Å². The molecule has 1 atom stereocenters. The van der Waals surface area contributed by atoms with Crippen molar-refractivity contribution in [2.24, 2.45) is 5.92 Å². The van der Waals surface area contributed by atoms with Crippen molar-refractivity contribution >= 4 is 5.91 Å². The van der Waals surface area contributed by atoms with Crippen molar-refractivity contribution in [2.75, 3.05) is 26.2 Å². The van der Waals surface area contributed by atoms with Crippen molar-refractivity contribution in [2.45, 2.75) is 65.1 Å². The molecule has 1 N–H and O–H groups in total. The van der Waals surface area contributed by atoms with Crippen LogP contribution in [-0.4, -0.2) is 41.9 Å². The minimum absolute atomic E-state index is 0.0927. The summed E-state index contributed by atoms with van der Waals surface area (Å²) in [5.74, 6) is 0.295. The maximum atomic E-state index is 12.9. The van der Waals surface area contributed by atoms with Crippen LogP contribution >= 0.6 is 0 Å². The second-order valence-corrected chi connectivity index (χ2v) is 9.73. The molecule has 32 heavy (non-hydrogen) atoms. The summed E-state index contributed by atoms with van der Waals surface area (Å²) < 4.78 is 0. The number of benzene rings is 2. The summed E-state index contributed by atoms with van der Waals surface area (Å²) in [5.41, 5.74) is 5.26. The van der Waals surface area contributed by atoms with Gasteiger partial charge in [-0.1, -0.05) is 61.4 Å². The average molecular weight is 434 g/mol. The molecule has 0 radical (unpaired) electrons. The van der Waals surface area contributed by atoms with Crippen LogP contribution in [0.4, 0.5) is 0 Å². The van der Waals surface area contributed by atoms with Crippen molar-refractivity contribution in [1.82, 2.24) is 15.1 Å². The van der Waals surface area contributed by atoms with Crippen molar-refractivity contribution in [3.8, 4) is 0 Å². The smallest absolute Gasteiger partial charge is 0.224 e. The molecule has 2 aliphatic rings. The Morgan fingerprint density at radius 1 is 0.844 bits per heavy atom. The third-order valence-electron chi connectivity index (χ3n) is 7.13. The Bertz CT molecular complexity index is 855. The lowest BCUT2D eigenvalue weighted by Gasteiger charge is -2.32. The Balaban J connectivity index is 1.23. The molecule has 2 heterocycles. The third kappa shape index (κ3) is 6.66. The van der Waals surface area contributed by atoms with Gasteiger partial charge in [0.25, 0.3) is 0 Å². The van der Waals surface area contributed by atoms with Gasteiger partial charge in [-0.2, -0.15) is 0 Å². The first kappa shape index (κ1) is 23.0. The zero-order valence-corrected chi connectivity index (χ0v) is 19.7. The fourth-order valence-electron chi connectivity index (χ4n) is 5.09. The van der Waals surface area contributed by atoms with E-state index < -0.39 is 0 Å². The van der Waals surface area contributed by atoms with E-state index in [2.05, 4.69) is 70.6 Å². The number of rotatable bonds is 7. The van der Waals surface area contributed by atoms with Gasteiger partial charge in [-0.25, -0.2) is 0 Å². The first-order chi connectivity index (χ1) is 15.7. The van der Waals surface area contributed by atoms with Crippen LogP contribution in [0.1, 0.15) is 60.8 Å². The van der Waals surface area contributed by atoms with E-state index in [-0.39, 0.29) is 11.8 Å². The van der Waals surface area contributed by atoms with Crippen LogP contribution in [0.25, 0.3) is 0 Å². The highest BCUT2D eigenvalue weighted by Gasteiger charge is 2.25. The Morgan fingerprint density at radius 2 is 1.53 bits per heavy atom. The molecule has 4 nitrogen and oxygen atoms in total. The predicted octanol–water partition coefficient (Wildman–Crippen LogP) is 4.90. The number of nitrogens with zero attached hydrogens (tertiary/aromatic N) is 2. The SMILES string of the molecule is Cc1ccccc1CN1CCCC(C(=O)NCc2ccc(CN3CCCCCC3)cc2)C1. The molecule has 1 amide bonds. The number of likely N-dealkylation sites (tertiary alicyclic amines) is 2. The monoisotopic (exact) mass is 433 g/mol. The molecule has 2 aromatic carbocycles. The number of amides is 1. The van der Waals surface area contributed by atoms with Crippen LogP contribution in [0.3, 0.4) is 0 Å². The van der Waals surface area contributed by atoms with E-state index in [4.69, 9.17) is 0 Å². The molecule has 0 aromatic heterocycles. The third-order valence-corrected chi connectivity index (χ3v) is 7.13. The Kier molecular flexibility index (Phi) is 8.36. The van der Waals surface area contributed by atoms with Crippen LogP contribution in [-0.2, 0) is 24.4 Å². The maximum Gasteiger partial charge on any atom is 0.224 e. The predicted molar refractivity (Wildman–Crippen MR) is 131 cm³/mol. The number of carbonyl (C=O) groups excluding carboxylic acids is 1. The molecular weight excluding hydrogens is 394 g/mol. The summed E-state index contributed by atoms with van der Waals surface area (Å²) in [5, 5.41) is 3.20.